The van der Waals surface area contributed by atoms with Gasteiger partial charge in [0.1, 0.15) is 0 Å². The summed E-state index contributed by atoms with van der Waals surface area (Å²) >= 11 is 0. The summed E-state index contributed by atoms with van der Waals surface area (Å²) in [5, 5.41) is 8.67. The van der Waals surface area contributed by atoms with Crippen LogP contribution in [0.1, 0.15) is 5.56 Å². The van der Waals surface area contributed by atoms with Gasteiger partial charge in [-0.1, -0.05) is 30.3 Å². The first-order valence-corrected chi connectivity index (χ1v) is 3.73. The van der Waals surface area contributed by atoms with Crippen molar-refractivity contribution in [3.05, 3.63) is 35.9 Å². The molecule has 1 atom stereocenters. The largest absolute Gasteiger partial charge is 0.395 e. The average molecular weight is 215 g/mol. The first kappa shape index (κ1) is 11.7. The van der Waals surface area contributed by atoms with Crippen molar-refractivity contribution in [3.63, 3.8) is 0 Å². The molecule has 1 radical (unpaired) electrons. The number of aliphatic hydroxyl groups is 1. The number of hydrogen-bond donors (Lipinski definition) is 2. The van der Waals surface area contributed by atoms with Gasteiger partial charge in [-0.05, 0) is 12.0 Å². The predicted molar refractivity (Wildman–Crippen MR) is 45.2 cm³/mol. The summed E-state index contributed by atoms with van der Waals surface area (Å²) in [5.41, 5.74) is 6.73. The summed E-state index contributed by atoms with van der Waals surface area (Å²) in [6, 6.07) is 9.80. The van der Waals surface area contributed by atoms with E-state index in [1.165, 1.54) is 5.56 Å². The molecule has 0 fully saturated rings. The van der Waals surface area contributed by atoms with Crippen LogP contribution in [0.4, 0.5) is 0 Å². The zero-order valence-electron chi connectivity index (χ0n) is 6.70. The van der Waals surface area contributed by atoms with Crippen molar-refractivity contribution in [1.82, 2.24) is 0 Å². The van der Waals surface area contributed by atoms with Crippen LogP contribution in [0.5, 0.6) is 0 Å². The van der Waals surface area contributed by atoms with Crippen molar-refractivity contribution >= 4 is 0 Å². The number of rotatable bonds is 3. The van der Waals surface area contributed by atoms with Gasteiger partial charge in [0.2, 0.25) is 0 Å². The molecule has 0 saturated carbocycles. The molecule has 1 unspecified atom stereocenters. The van der Waals surface area contributed by atoms with Crippen LogP contribution in [-0.4, -0.2) is 17.8 Å². The van der Waals surface area contributed by atoms with E-state index in [9.17, 15) is 0 Å². The molecule has 2 nitrogen and oxygen atoms in total. The molecule has 1 aromatic carbocycles. The molecule has 1 rings (SSSR count). The third kappa shape index (κ3) is 3.88. The zero-order chi connectivity index (χ0) is 8.10. The summed E-state index contributed by atoms with van der Waals surface area (Å²) in [6.45, 7) is 0.0505. The van der Waals surface area contributed by atoms with Crippen LogP contribution < -0.4 is 5.73 Å². The molecule has 0 saturated heterocycles. The van der Waals surface area contributed by atoms with Crippen LogP contribution in [0.15, 0.2) is 30.3 Å². The van der Waals surface area contributed by atoms with Crippen molar-refractivity contribution in [2.45, 2.75) is 12.5 Å². The van der Waals surface area contributed by atoms with E-state index in [1.54, 1.807) is 0 Å². The maximum Gasteiger partial charge on any atom is 0.0585 e. The van der Waals surface area contributed by atoms with Gasteiger partial charge in [0.25, 0.3) is 0 Å². The summed E-state index contributed by atoms with van der Waals surface area (Å²) in [4.78, 5) is 0. The van der Waals surface area contributed by atoms with Crippen molar-refractivity contribution in [2.75, 3.05) is 6.61 Å². The van der Waals surface area contributed by atoms with Gasteiger partial charge >= 0.3 is 0 Å². The molecule has 0 amide bonds. The van der Waals surface area contributed by atoms with Crippen LogP contribution in [-0.2, 0) is 23.5 Å². The van der Waals surface area contributed by atoms with Crippen molar-refractivity contribution in [2.24, 2.45) is 5.73 Å². The maximum atomic E-state index is 8.67. The SMILES string of the molecule is NC(CO)Cc1ccccc1.[Cu]. The van der Waals surface area contributed by atoms with E-state index in [2.05, 4.69) is 0 Å². The molecule has 0 aromatic heterocycles. The monoisotopic (exact) mass is 214 g/mol. The minimum Gasteiger partial charge on any atom is -0.395 e. The Kier molecular flexibility index (Phi) is 6.03. The molecule has 0 aliphatic carbocycles. The molecule has 0 spiro atoms. The summed E-state index contributed by atoms with van der Waals surface area (Å²) in [6.07, 6.45) is 0.747. The Morgan fingerprint density at radius 2 is 1.83 bits per heavy atom. The van der Waals surface area contributed by atoms with E-state index in [0.29, 0.717) is 0 Å². The van der Waals surface area contributed by atoms with Crippen LogP contribution in [0.3, 0.4) is 0 Å². The Labute approximate surface area is 83.3 Å². The molecule has 12 heavy (non-hydrogen) atoms. The van der Waals surface area contributed by atoms with E-state index in [1.807, 2.05) is 30.3 Å². The quantitative estimate of drug-likeness (QED) is 0.722. The molecular formula is C9H13CuNO. The summed E-state index contributed by atoms with van der Waals surface area (Å²) in [7, 11) is 0. The van der Waals surface area contributed by atoms with Crippen LogP contribution >= 0.6 is 0 Å². The standard InChI is InChI=1S/C9H13NO.Cu/c10-9(7-11)6-8-4-2-1-3-5-8;/h1-5,9,11H,6-7,10H2;. The Balaban J connectivity index is 0.00000121. The fourth-order valence-corrected chi connectivity index (χ4v) is 0.981. The van der Waals surface area contributed by atoms with E-state index in [4.69, 9.17) is 10.8 Å². The molecule has 3 N–H and O–H groups in total. The van der Waals surface area contributed by atoms with E-state index >= 15 is 0 Å². The number of hydrogen-bond acceptors (Lipinski definition) is 2. The van der Waals surface area contributed by atoms with Gasteiger partial charge in [0.05, 0.1) is 6.61 Å². The first-order valence-electron chi connectivity index (χ1n) is 3.73. The smallest absolute Gasteiger partial charge is 0.0585 e. The topological polar surface area (TPSA) is 46.2 Å². The average Bonchev–Trinajstić information content (AvgIpc) is 2.06. The second-order valence-corrected chi connectivity index (χ2v) is 2.63. The van der Waals surface area contributed by atoms with Gasteiger partial charge in [-0.3, -0.25) is 0 Å². The normalized spacial score (nSPS) is 11.8. The Morgan fingerprint density at radius 3 is 2.33 bits per heavy atom. The molecule has 71 valence electrons. The minimum atomic E-state index is -0.127. The third-order valence-corrected chi connectivity index (χ3v) is 1.58. The van der Waals surface area contributed by atoms with Gasteiger partial charge in [-0.25, -0.2) is 0 Å². The Morgan fingerprint density at radius 1 is 1.25 bits per heavy atom. The van der Waals surface area contributed by atoms with E-state index in [0.717, 1.165) is 6.42 Å². The second-order valence-electron chi connectivity index (χ2n) is 2.63. The first-order chi connectivity index (χ1) is 5.33. The molecule has 0 aliphatic rings. The molecule has 0 aliphatic heterocycles. The maximum absolute atomic E-state index is 8.67. The zero-order valence-corrected chi connectivity index (χ0v) is 7.65. The number of benzene rings is 1. The fourth-order valence-electron chi connectivity index (χ4n) is 0.981. The molecule has 1 aromatic rings. The third-order valence-electron chi connectivity index (χ3n) is 1.58. The van der Waals surface area contributed by atoms with Crippen molar-refractivity contribution in [3.8, 4) is 0 Å². The van der Waals surface area contributed by atoms with Gasteiger partial charge in [0.15, 0.2) is 0 Å². The fraction of sp³-hybridized carbons (Fsp3) is 0.333. The molecule has 0 heterocycles. The van der Waals surface area contributed by atoms with Crippen LogP contribution in [0, 0.1) is 0 Å². The minimum absolute atomic E-state index is 0. The summed E-state index contributed by atoms with van der Waals surface area (Å²) in [5.74, 6) is 0. The van der Waals surface area contributed by atoms with Crippen LogP contribution in [0.2, 0.25) is 0 Å². The summed E-state index contributed by atoms with van der Waals surface area (Å²) < 4.78 is 0. The Bertz CT molecular complexity index is 203. The predicted octanol–water partition coefficient (Wildman–Crippen LogP) is 0.546. The number of nitrogens with two attached hydrogens (primary N) is 1. The van der Waals surface area contributed by atoms with Gasteiger partial charge in [0, 0.05) is 23.1 Å². The molecular weight excluding hydrogens is 202 g/mol. The van der Waals surface area contributed by atoms with E-state index in [-0.39, 0.29) is 29.7 Å². The molecule has 3 heteroatoms. The second kappa shape index (κ2) is 6.21. The van der Waals surface area contributed by atoms with Gasteiger partial charge in [-0.15, -0.1) is 0 Å². The van der Waals surface area contributed by atoms with Gasteiger partial charge < -0.3 is 10.8 Å². The van der Waals surface area contributed by atoms with Crippen molar-refractivity contribution in [1.29, 1.82) is 0 Å². The Hall–Kier alpha value is -0.341. The number of aliphatic hydroxyl groups excluding tert-OH is 1. The molecule has 0 bridgehead atoms. The van der Waals surface area contributed by atoms with Gasteiger partial charge in [-0.2, -0.15) is 0 Å². The van der Waals surface area contributed by atoms with Crippen molar-refractivity contribution < 1.29 is 22.2 Å². The van der Waals surface area contributed by atoms with Crippen LogP contribution in [0.25, 0.3) is 0 Å². The van der Waals surface area contributed by atoms with E-state index < -0.39 is 0 Å².